The van der Waals surface area contributed by atoms with Crippen LogP contribution in [0.15, 0.2) is 46.9 Å². The summed E-state index contributed by atoms with van der Waals surface area (Å²) in [6, 6.07) is 14.2. The molecule has 1 amide bonds. The number of ether oxygens (including phenoxy) is 3. The van der Waals surface area contributed by atoms with Crippen LogP contribution in [0.1, 0.15) is 19.4 Å². The maximum atomic E-state index is 11.5. The topological polar surface area (TPSA) is 51.2 Å². The molecule has 2 fully saturated rings. The fourth-order valence-electron chi connectivity index (χ4n) is 3.94. The normalized spacial score (nSPS) is 23.8. The van der Waals surface area contributed by atoms with Crippen LogP contribution in [0, 0.1) is 3.57 Å². The van der Waals surface area contributed by atoms with Gasteiger partial charge in [-0.1, -0.05) is 22.0 Å². The van der Waals surface area contributed by atoms with E-state index in [0.29, 0.717) is 13.2 Å². The third kappa shape index (κ3) is 5.35. The van der Waals surface area contributed by atoms with Crippen molar-refractivity contribution in [2.75, 3.05) is 44.3 Å². The molecule has 2 aliphatic rings. The van der Waals surface area contributed by atoms with E-state index in [1.54, 1.807) is 6.92 Å². The average Bonchev–Trinajstić information content (AvgIpc) is 3.14. The van der Waals surface area contributed by atoms with Gasteiger partial charge in [-0.2, -0.15) is 0 Å². The van der Waals surface area contributed by atoms with E-state index in [9.17, 15) is 4.79 Å². The van der Waals surface area contributed by atoms with Crippen LogP contribution in [0.3, 0.4) is 0 Å². The van der Waals surface area contributed by atoms with Crippen molar-refractivity contribution in [3.63, 3.8) is 0 Å². The molecule has 2 aromatic carbocycles. The lowest BCUT2D eigenvalue weighted by atomic mass is 10.1. The van der Waals surface area contributed by atoms with Crippen molar-refractivity contribution in [1.29, 1.82) is 0 Å². The van der Waals surface area contributed by atoms with Gasteiger partial charge in [-0.05, 0) is 65.9 Å². The predicted molar refractivity (Wildman–Crippen MR) is 131 cm³/mol. The summed E-state index contributed by atoms with van der Waals surface area (Å²) in [6.07, 6.45) is -0.143. The summed E-state index contributed by atoms with van der Waals surface area (Å²) in [7, 11) is 0. The molecule has 2 heterocycles. The predicted octanol–water partition coefficient (Wildman–Crippen LogP) is 4.39. The van der Waals surface area contributed by atoms with Gasteiger partial charge >= 0.3 is 0 Å². The van der Waals surface area contributed by atoms with Crippen LogP contribution in [0.5, 0.6) is 5.75 Å². The number of carbonyl (C=O) groups excluding carboxylic acids is 1. The number of nitrogens with zero attached hydrogens (tertiary/aromatic N) is 2. The highest BCUT2D eigenvalue weighted by molar-refractivity contribution is 14.1. The van der Waals surface area contributed by atoms with Crippen molar-refractivity contribution in [3.8, 4) is 5.75 Å². The maximum Gasteiger partial charge on any atom is 0.219 e. The largest absolute Gasteiger partial charge is 0.491 e. The number of amides is 1. The van der Waals surface area contributed by atoms with Gasteiger partial charge in [0.05, 0.1) is 6.61 Å². The van der Waals surface area contributed by atoms with E-state index in [-0.39, 0.29) is 12.0 Å². The summed E-state index contributed by atoms with van der Waals surface area (Å²) in [6.45, 7) is 7.70. The summed E-state index contributed by atoms with van der Waals surface area (Å²) in [5.41, 5.74) is 2.12. The second kappa shape index (κ2) is 9.64. The fourth-order valence-corrected chi connectivity index (χ4v) is 5.60. The molecule has 2 atom stereocenters. The number of rotatable bonds is 5. The van der Waals surface area contributed by atoms with Crippen LogP contribution in [-0.2, 0) is 20.1 Å². The maximum absolute atomic E-state index is 11.5. The highest BCUT2D eigenvalue weighted by Gasteiger charge is 2.40. The number of halogens is 2. The van der Waals surface area contributed by atoms with Crippen LogP contribution in [0.2, 0.25) is 0 Å². The Balaban J connectivity index is 1.30. The van der Waals surface area contributed by atoms with Gasteiger partial charge in [0, 0.05) is 52.4 Å². The van der Waals surface area contributed by atoms with E-state index in [2.05, 4.69) is 61.6 Å². The van der Waals surface area contributed by atoms with Crippen molar-refractivity contribution in [2.24, 2.45) is 0 Å². The van der Waals surface area contributed by atoms with E-state index in [1.807, 2.05) is 36.1 Å². The van der Waals surface area contributed by atoms with Gasteiger partial charge in [0.25, 0.3) is 0 Å². The zero-order chi connectivity index (χ0) is 22.0. The van der Waals surface area contributed by atoms with Crippen LogP contribution in [0.4, 0.5) is 5.69 Å². The van der Waals surface area contributed by atoms with Crippen LogP contribution in [-0.4, -0.2) is 56.3 Å². The van der Waals surface area contributed by atoms with Gasteiger partial charge in [-0.3, -0.25) is 4.79 Å². The molecule has 0 spiro atoms. The number of anilines is 1. The number of benzene rings is 2. The lowest BCUT2D eigenvalue weighted by molar-refractivity contribution is -0.165. The molecule has 6 nitrogen and oxygen atoms in total. The van der Waals surface area contributed by atoms with Crippen molar-refractivity contribution in [2.45, 2.75) is 25.7 Å². The second-order valence-corrected chi connectivity index (χ2v) is 10.0. The quantitative estimate of drug-likeness (QED) is 0.477. The summed E-state index contributed by atoms with van der Waals surface area (Å²) < 4.78 is 20.3. The monoisotopic (exact) mass is 600 g/mol. The average molecular weight is 601 g/mol. The molecular formula is C23H26BrIN2O4. The van der Waals surface area contributed by atoms with E-state index in [1.165, 1.54) is 0 Å². The molecule has 0 bridgehead atoms. The van der Waals surface area contributed by atoms with E-state index in [4.69, 9.17) is 14.2 Å². The number of carbonyl (C=O) groups is 1. The third-order valence-corrected chi connectivity index (χ3v) is 7.05. The summed E-state index contributed by atoms with van der Waals surface area (Å²) in [5.74, 6) is 0.161. The highest BCUT2D eigenvalue weighted by Crippen LogP contribution is 2.38. The molecule has 31 heavy (non-hydrogen) atoms. The number of piperazine rings is 1. The summed E-state index contributed by atoms with van der Waals surface area (Å²) in [4.78, 5) is 15.7. The van der Waals surface area contributed by atoms with Gasteiger partial charge in [0.15, 0.2) is 5.79 Å². The van der Waals surface area contributed by atoms with Crippen LogP contribution < -0.4 is 9.64 Å². The Bertz CT molecular complexity index is 934. The van der Waals surface area contributed by atoms with E-state index < -0.39 is 5.79 Å². The molecule has 166 valence electrons. The van der Waals surface area contributed by atoms with Gasteiger partial charge < -0.3 is 24.0 Å². The molecule has 0 aliphatic carbocycles. The molecule has 0 radical (unpaired) electrons. The van der Waals surface area contributed by atoms with Crippen LogP contribution >= 0.6 is 38.5 Å². The smallest absolute Gasteiger partial charge is 0.219 e. The Morgan fingerprint density at radius 3 is 2.55 bits per heavy atom. The Kier molecular flexibility index (Phi) is 7.10. The lowest BCUT2D eigenvalue weighted by Crippen LogP contribution is -2.48. The molecule has 2 saturated heterocycles. The standard InChI is InChI=1S/C23H26BrIN2O4/c1-16(28)26-9-11-27(12-10-26)18-4-6-19(7-5-18)29-14-20-15-30-23(2,31-20)21-8-3-17(25)13-22(21)24/h3-8,13,20H,9-12,14-15H2,1-2H3. The molecule has 0 saturated carbocycles. The first-order valence-electron chi connectivity index (χ1n) is 10.3. The lowest BCUT2D eigenvalue weighted by Gasteiger charge is -2.35. The SMILES string of the molecule is CC(=O)N1CCN(c2ccc(OCC3COC(C)(c4ccc(I)cc4Br)O3)cc2)CC1. The van der Waals surface area contributed by atoms with Gasteiger partial charge in [-0.15, -0.1) is 0 Å². The fraction of sp³-hybridized carbons (Fsp3) is 0.435. The number of hydrogen-bond acceptors (Lipinski definition) is 5. The molecule has 2 aliphatic heterocycles. The molecule has 4 rings (SSSR count). The van der Waals surface area contributed by atoms with Crippen molar-refractivity contribution < 1.29 is 19.0 Å². The zero-order valence-corrected chi connectivity index (χ0v) is 21.4. The Labute approximate surface area is 205 Å². The van der Waals surface area contributed by atoms with Gasteiger partial charge in [-0.25, -0.2) is 0 Å². The van der Waals surface area contributed by atoms with Crippen molar-refractivity contribution >= 4 is 50.1 Å². The molecule has 2 unspecified atom stereocenters. The minimum Gasteiger partial charge on any atom is -0.491 e. The minimum atomic E-state index is -0.789. The van der Waals surface area contributed by atoms with E-state index in [0.717, 1.165) is 51.2 Å². The Morgan fingerprint density at radius 2 is 1.90 bits per heavy atom. The zero-order valence-electron chi connectivity index (χ0n) is 17.6. The van der Waals surface area contributed by atoms with Crippen molar-refractivity contribution in [1.82, 2.24) is 4.90 Å². The van der Waals surface area contributed by atoms with Crippen molar-refractivity contribution in [3.05, 3.63) is 56.1 Å². The molecular weight excluding hydrogens is 575 g/mol. The third-order valence-electron chi connectivity index (χ3n) is 5.72. The molecule has 0 N–H and O–H groups in total. The summed E-state index contributed by atoms with van der Waals surface area (Å²) >= 11 is 5.90. The molecule has 8 heteroatoms. The van der Waals surface area contributed by atoms with Gasteiger partial charge in [0.2, 0.25) is 5.91 Å². The Hall–Kier alpha value is -1.36. The minimum absolute atomic E-state index is 0.143. The first-order chi connectivity index (χ1) is 14.8. The first-order valence-corrected chi connectivity index (χ1v) is 12.2. The molecule has 0 aromatic heterocycles. The first kappa shape index (κ1) is 22.8. The summed E-state index contributed by atoms with van der Waals surface area (Å²) in [5, 5.41) is 0. The van der Waals surface area contributed by atoms with E-state index >= 15 is 0 Å². The van der Waals surface area contributed by atoms with Gasteiger partial charge in [0.1, 0.15) is 18.5 Å². The molecule has 2 aromatic rings. The number of hydrogen-bond donors (Lipinski definition) is 0. The van der Waals surface area contributed by atoms with Crippen LogP contribution in [0.25, 0.3) is 0 Å². The second-order valence-electron chi connectivity index (χ2n) is 7.92. The highest BCUT2D eigenvalue weighted by atomic mass is 127. The Morgan fingerprint density at radius 1 is 1.19 bits per heavy atom.